The first-order chi connectivity index (χ1) is 14.0. The van der Waals surface area contributed by atoms with Crippen molar-refractivity contribution >= 4 is 27.3 Å². The van der Waals surface area contributed by atoms with E-state index in [1.807, 2.05) is 55.5 Å². The molecule has 0 fully saturated rings. The first-order valence-electron chi connectivity index (χ1n) is 8.94. The second-order valence-electron chi connectivity index (χ2n) is 6.42. The highest BCUT2D eigenvalue weighted by atomic mass is 32.1. The van der Waals surface area contributed by atoms with Crippen molar-refractivity contribution in [1.82, 2.24) is 19.8 Å². The van der Waals surface area contributed by atoms with Crippen molar-refractivity contribution in [1.29, 1.82) is 0 Å². The summed E-state index contributed by atoms with van der Waals surface area (Å²) < 4.78 is 12.5. The highest BCUT2D eigenvalue weighted by Gasteiger charge is 2.19. The van der Waals surface area contributed by atoms with E-state index >= 15 is 0 Å². The van der Waals surface area contributed by atoms with Gasteiger partial charge in [-0.05, 0) is 50.2 Å². The molecular weight excluding hydrogens is 390 g/mol. The van der Waals surface area contributed by atoms with Gasteiger partial charge >= 0.3 is 0 Å². The summed E-state index contributed by atoms with van der Waals surface area (Å²) in [6.07, 6.45) is -0.673. The first kappa shape index (κ1) is 18.9. The average Bonchev–Trinajstić information content (AvgIpc) is 3.30. The van der Waals surface area contributed by atoms with Crippen LogP contribution in [0.2, 0.25) is 0 Å². The number of methoxy groups -OCH3 is 1. The molecule has 9 heteroatoms. The molecule has 0 spiro atoms. The molecule has 4 aromatic rings. The molecule has 8 nitrogen and oxygen atoms in total. The molecule has 0 saturated carbocycles. The zero-order valence-electron chi connectivity index (χ0n) is 16.1. The topological polar surface area (TPSA) is 90.6 Å². The monoisotopic (exact) mass is 409 g/mol. The van der Waals surface area contributed by atoms with Crippen LogP contribution in [0.3, 0.4) is 0 Å². The fraction of sp³-hybridized carbons (Fsp3) is 0.200. The van der Waals surface area contributed by atoms with Crippen LogP contribution in [-0.4, -0.2) is 38.9 Å². The molecular formula is C20H19N5O3S. The summed E-state index contributed by atoms with van der Waals surface area (Å²) in [5, 5.41) is 16.0. The van der Waals surface area contributed by atoms with E-state index < -0.39 is 6.10 Å². The van der Waals surface area contributed by atoms with Crippen LogP contribution in [0.25, 0.3) is 16.3 Å². The Labute approximate surface area is 171 Å². The molecule has 0 unspecified atom stereocenters. The van der Waals surface area contributed by atoms with E-state index in [0.29, 0.717) is 21.7 Å². The number of carbonyl (C=O) groups is 1. The van der Waals surface area contributed by atoms with Crippen LogP contribution in [0.15, 0.2) is 48.5 Å². The first-order valence-corrected chi connectivity index (χ1v) is 9.76. The summed E-state index contributed by atoms with van der Waals surface area (Å²) in [5.74, 6) is 1.69. The number of aryl methyl sites for hydroxylation is 1. The van der Waals surface area contributed by atoms with E-state index in [9.17, 15) is 4.79 Å². The third-order valence-corrected chi connectivity index (χ3v) is 5.09. The predicted octanol–water partition coefficient (Wildman–Crippen LogP) is 3.58. The number of nitrogens with zero attached hydrogens (tertiary/aromatic N) is 4. The number of benzene rings is 2. The van der Waals surface area contributed by atoms with Gasteiger partial charge in [0.25, 0.3) is 5.91 Å². The summed E-state index contributed by atoms with van der Waals surface area (Å²) in [4.78, 5) is 13.1. The van der Waals surface area contributed by atoms with Gasteiger partial charge in [-0.2, -0.15) is 4.52 Å². The van der Waals surface area contributed by atoms with Gasteiger partial charge in [-0.3, -0.25) is 10.1 Å². The maximum absolute atomic E-state index is 12.5. The Bertz CT molecular complexity index is 1140. The number of rotatable bonds is 6. The number of nitrogens with one attached hydrogen (secondary N) is 1. The molecule has 0 aliphatic rings. The molecule has 1 N–H and O–H groups in total. The van der Waals surface area contributed by atoms with E-state index in [2.05, 4.69) is 20.6 Å². The van der Waals surface area contributed by atoms with E-state index in [-0.39, 0.29) is 5.91 Å². The van der Waals surface area contributed by atoms with Gasteiger partial charge in [-0.1, -0.05) is 29.0 Å². The number of anilines is 1. The van der Waals surface area contributed by atoms with Crippen molar-refractivity contribution in [2.45, 2.75) is 20.0 Å². The number of amides is 1. The van der Waals surface area contributed by atoms with Crippen LogP contribution in [0.4, 0.5) is 5.13 Å². The number of carbonyl (C=O) groups excluding carboxylic acids is 1. The Hall–Kier alpha value is -3.46. The van der Waals surface area contributed by atoms with Crippen LogP contribution >= 0.6 is 11.3 Å². The minimum Gasteiger partial charge on any atom is -0.497 e. The third kappa shape index (κ3) is 4.04. The van der Waals surface area contributed by atoms with Crippen molar-refractivity contribution < 1.29 is 14.3 Å². The SMILES string of the molecule is COc1ccc(-c2nnc3sc(NC(=O)[C@@H](C)Oc4ccc(C)cc4)nn23)cc1. The van der Waals surface area contributed by atoms with Gasteiger partial charge in [0.1, 0.15) is 11.5 Å². The molecule has 29 heavy (non-hydrogen) atoms. The van der Waals surface area contributed by atoms with Crippen LogP contribution in [0.5, 0.6) is 11.5 Å². The van der Waals surface area contributed by atoms with E-state index in [1.165, 1.54) is 11.3 Å². The molecule has 0 bridgehead atoms. The van der Waals surface area contributed by atoms with Gasteiger partial charge in [-0.25, -0.2) is 0 Å². The van der Waals surface area contributed by atoms with Crippen molar-refractivity contribution in [3.8, 4) is 22.9 Å². The highest BCUT2D eigenvalue weighted by molar-refractivity contribution is 7.20. The summed E-state index contributed by atoms with van der Waals surface area (Å²) in [7, 11) is 1.61. The molecule has 0 aliphatic heterocycles. The Morgan fingerprint density at radius 2 is 1.76 bits per heavy atom. The van der Waals surface area contributed by atoms with Crippen LogP contribution in [-0.2, 0) is 4.79 Å². The van der Waals surface area contributed by atoms with Gasteiger partial charge in [0.2, 0.25) is 10.1 Å². The molecule has 2 aromatic carbocycles. The van der Waals surface area contributed by atoms with E-state index in [4.69, 9.17) is 9.47 Å². The molecule has 148 valence electrons. The molecule has 1 amide bonds. The lowest BCUT2D eigenvalue weighted by Crippen LogP contribution is -2.30. The normalized spacial score (nSPS) is 12.0. The third-order valence-electron chi connectivity index (χ3n) is 4.27. The minimum atomic E-state index is -0.673. The van der Waals surface area contributed by atoms with Gasteiger partial charge in [-0.15, -0.1) is 15.3 Å². The highest BCUT2D eigenvalue weighted by Crippen LogP contribution is 2.25. The maximum atomic E-state index is 12.5. The largest absolute Gasteiger partial charge is 0.497 e. The minimum absolute atomic E-state index is 0.290. The molecule has 1 atom stereocenters. The van der Waals surface area contributed by atoms with E-state index in [1.54, 1.807) is 18.5 Å². The van der Waals surface area contributed by atoms with Crippen molar-refractivity contribution in [3.63, 3.8) is 0 Å². The average molecular weight is 409 g/mol. The zero-order chi connectivity index (χ0) is 20.4. The number of ether oxygens (including phenoxy) is 2. The number of hydrogen-bond acceptors (Lipinski definition) is 7. The van der Waals surface area contributed by atoms with Crippen molar-refractivity contribution in [2.24, 2.45) is 0 Å². The Morgan fingerprint density at radius 1 is 1.07 bits per heavy atom. The molecule has 0 radical (unpaired) electrons. The van der Waals surface area contributed by atoms with Crippen molar-refractivity contribution in [3.05, 3.63) is 54.1 Å². The Morgan fingerprint density at radius 3 is 2.45 bits per heavy atom. The van der Waals surface area contributed by atoms with Crippen LogP contribution in [0.1, 0.15) is 12.5 Å². The quantitative estimate of drug-likeness (QED) is 0.523. The fourth-order valence-corrected chi connectivity index (χ4v) is 3.41. The lowest BCUT2D eigenvalue weighted by Gasteiger charge is -2.13. The smallest absolute Gasteiger partial charge is 0.266 e. The predicted molar refractivity (Wildman–Crippen MR) is 111 cm³/mol. The summed E-state index contributed by atoms with van der Waals surface area (Å²) in [5.41, 5.74) is 1.97. The number of aromatic nitrogens is 4. The van der Waals surface area contributed by atoms with Crippen LogP contribution < -0.4 is 14.8 Å². The van der Waals surface area contributed by atoms with E-state index in [0.717, 1.165) is 16.9 Å². The maximum Gasteiger partial charge on any atom is 0.266 e. The van der Waals surface area contributed by atoms with Gasteiger partial charge in [0.15, 0.2) is 11.9 Å². The molecule has 0 aliphatic carbocycles. The lowest BCUT2D eigenvalue weighted by molar-refractivity contribution is -0.122. The lowest BCUT2D eigenvalue weighted by atomic mass is 10.2. The van der Waals surface area contributed by atoms with Gasteiger partial charge in [0.05, 0.1) is 7.11 Å². The molecule has 2 aromatic heterocycles. The molecule has 2 heterocycles. The van der Waals surface area contributed by atoms with Gasteiger partial charge < -0.3 is 9.47 Å². The number of hydrogen-bond donors (Lipinski definition) is 1. The Balaban J connectivity index is 1.48. The Kier molecular flexibility index (Phi) is 5.13. The zero-order valence-corrected chi connectivity index (χ0v) is 16.9. The van der Waals surface area contributed by atoms with Gasteiger partial charge in [0, 0.05) is 5.56 Å². The standard InChI is InChI=1S/C20H19N5O3S/c1-12-4-8-16(9-5-12)28-13(2)18(26)21-19-24-25-17(22-23-20(25)29-19)14-6-10-15(27-3)11-7-14/h4-11,13H,1-3H3,(H,21,24,26)/t13-/m1/s1. The second kappa shape index (κ2) is 7.88. The fourth-order valence-electron chi connectivity index (χ4n) is 2.67. The van der Waals surface area contributed by atoms with Crippen molar-refractivity contribution in [2.75, 3.05) is 12.4 Å². The molecule has 4 rings (SSSR count). The van der Waals surface area contributed by atoms with Crippen LogP contribution in [0, 0.1) is 6.92 Å². The summed E-state index contributed by atoms with van der Waals surface area (Å²) in [6.45, 7) is 3.69. The number of fused-ring (bicyclic) bond motifs is 1. The summed E-state index contributed by atoms with van der Waals surface area (Å²) >= 11 is 1.24. The second-order valence-corrected chi connectivity index (χ2v) is 7.37. The summed E-state index contributed by atoms with van der Waals surface area (Å²) in [6, 6.07) is 15.0. The molecule has 0 saturated heterocycles.